The zero-order valence-electron chi connectivity index (χ0n) is 28.7. The molecule has 0 saturated carbocycles. The number of fused-ring (bicyclic) bond motifs is 6. The molecular formula is C44H41BN2O. The number of rotatable bonds is 6. The van der Waals surface area contributed by atoms with E-state index in [1.165, 1.54) is 65.9 Å². The highest BCUT2D eigenvalue weighted by Gasteiger charge is 2.36. The molecule has 0 bridgehead atoms. The molecule has 8 rings (SSSR count). The molecule has 2 aromatic heterocycles. The quantitative estimate of drug-likeness (QED) is 0.169. The lowest BCUT2D eigenvalue weighted by Crippen LogP contribution is -2.46. The van der Waals surface area contributed by atoms with Gasteiger partial charge in [-0.2, -0.15) is 0 Å². The summed E-state index contributed by atoms with van der Waals surface area (Å²) in [7, 11) is 0. The Kier molecular flexibility index (Phi) is 7.12. The summed E-state index contributed by atoms with van der Waals surface area (Å²) in [5.74, 6) is 0. The molecule has 4 heteroatoms. The topological polar surface area (TPSA) is 19.1 Å². The second kappa shape index (κ2) is 11.3. The molecule has 0 aliphatic rings. The molecular weight excluding hydrogens is 583 g/mol. The van der Waals surface area contributed by atoms with Crippen molar-refractivity contribution in [3.8, 4) is 22.5 Å². The van der Waals surface area contributed by atoms with E-state index >= 15 is 0 Å². The van der Waals surface area contributed by atoms with Crippen molar-refractivity contribution in [2.24, 2.45) is 5.41 Å². The van der Waals surface area contributed by atoms with E-state index in [1.807, 2.05) is 0 Å². The molecule has 0 N–H and O–H groups in total. The smallest absolute Gasteiger partial charge is 0.324 e. The molecule has 0 aliphatic carbocycles. The lowest BCUT2D eigenvalue weighted by atomic mass is 9.61. The van der Waals surface area contributed by atoms with Crippen molar-refractivity contribution >= 4 is 56.0 Å². The molecule has 3 nitrogen and oxygen atoms in total. The van der Waals surface area contributed by atoms with Gasteiger partial charge in [-0.05, 0) is 96.5 Å². The fourth-order valence-electron chi connectivity index (χ4n) is 7.02. The van der Waals surface area contributed by atoms with Gasteiger partial charge < -0.3 is 13.8 Å². The van der Waals surface area contributed by atoms with Gasteiger partial charge in [-0.25, -0.2) is 0 Å². The molecule has 0 spiro atoms. The molecule has 48 heavy (non-hydrogen) atoms. The third-order valence-electron chi connectivity index (χ3n) is 10.6. The largest absolute Gasteiger partial charge is 0.426 e. The predicted octanol–water partition coefficient (Wildman–Crippen LogP) is 11.2. The fourth-order valence-corrected chi connectivity index (χ4v) is 7.02. The second-order valence-corrected chi connectivity index (χ2v) is 14.6. The Hall–Kier alpha value is -5.06. The molecule has 236 valence electrons. The van der Waals surface area contributed by atoms with E-state index in [-0.39, 0.29) is 17.9 Å². The average molecular weight is 625 g/mol. The van der Waals surface area contributed by atoms with Crippen molar-refractivity contribution in [2.45, 2.75) is 47.0 Å². The van der Waals surface area contributed by atoms with Crippen LogP contribution >= 0.6 is 0 Å². The van der Waals surface area contributed by atoms with Crippen molar-refractivity contribution in [2.75, 3.05) is 0 Å². The standard InChI is InChI=1S/C44H41BN2O/c1-43(2,3)44(4,5)48-45(6)32-23-26-42-38(29-32)37-28-31(22-25-41(37)47(42)34-17-11-8-12-18-34)30-21-24-40-36(27-30)35-19-13-14-20-39(35)46(40)33-15-9-7-10-16-33/h7-29H,1-6H3. The third kappa shape index (κ3) is 4.94. The first kappa shape index (κ1) is 30.3. The first-order valence-electron chi connectivity index (χ1n) is 17.0. The molecule has 0 radical (unpaired) electrons. The molecule has 8 aromatic rings. The van der Waals surface area contributed by atoms with Crippen LogP contribution in [-0.4, -0.2) is 21.7 Å². The fraction of sp³-hybridized carbons (Fsp3) is 0.182. The molecule has 0 fully saturated rings. The number of nitrogens with zero attached hydrogens (tertiary/aromatic N) is 2. The van der Waals surface area contributed by atoms with Crippen LogP contribution in [0, 0.1) is 5.41 Å². The summed E-state index contributed by atoms with van der Waals surface area (Å²) in [4.78, 5) is 0. The minimum Gasteiger partial charge on any atom is -0.426 e. The van der Waals surface area contributed by atoms with E-state index in [2.05, 4.69) is 190 Å². The van der Waals surface area contributed by atoms with Gasteiger partial charge in [-0.3, -0.25) is 0 Å². The Bertz CT molecular complexity index is 2450. The van der Waals surface area contributed by atoms with Crippen molar-refractivity contribution in [3.05, 3.63) is 140 Å². The van der Waals surface area contributed by atoms with E-state index in [4.69, 9.17) is 4.65 Å². The number of benzene rings is 6. The third-order valence-corrected chi connectivity index (χ3v) is 10.6. The monoisotopic (exact) mass is 624 g/mol. The maximum Gasteiger partial charge on any atom is 0.324 e. The summed E-state index contributed by atoms with van der Waals surface area (Å²) in [5.41, 5.74) is 10.5. The normalized spacial score (nSPS) is 12.5. The number of hydrogen-bond acceptors (Lipinski definition) is 1. The van der Waals surface area contributed by atoms with Crippen LogP contribution in [-0.2, 0) is 4.65 Å². The molecule has 0 amide bonds. The van der Waals surface area contributed by atoms with Gasteiger partial charge in [0.2, 0.25) is 0 Å². The van der Waals surface area contributed by atoms with Crippen molar-refractivity contribution in [3.63, 3.8) is 0 Å². The first-order valence-corrected chi connectivity index (χ1v) is 17.0. The molecule has 0 saturated heterocycles. The Morgan fingerprint density at radius 1 is 0.458 bits per heavy atom. The number of para-hydroxylation sites is 3. The van der Waals surface area contributed by atoms with Gasteiger partial charge in [0, 0.05) is 32.9 Å². The first-order chi connectivity index (χ1) is 23.1. The highest BCUT2D eigenvalue weighted by molar-refractivity contribution is 6.66. The van der Waals surface area contributed by atoms with Crippen LogP contribution in [0.4, 0.5) is 0 Å². The van der Waals surface area contributed by atoms with E-state index < -0.39 is 0 Å². The van der Waals surface area contributed by atoms with Gasteiger partial charge in [-0.15, -0.1) is 0 Å². The van der Waals surface area contributed by atoms with Crippen LogP contribution in [0.3, 0.4) is 0 Å². The number of aromatic nitrogens is 2. The van der Waals surface area contributed by atoms with Gasteiger partial charge in [0.25, 0.3) is 0 Å². The summed E-state index contributed by atoms with van der Waals surface area (Å²) in [5, 5.41) is 4.99. The molecule has 0 atom stereocenters. The molecule has 0 aliphatic heterocycles. The minimum atomic E-state index is -0.283. The van der Waals surface area contributed by atoms with Crippen LogP contribution in [0.2, 0.25) is 6.82 Å². The van der Waals surface area contributed by atoms with E-state index in [0.717, 1.165) is 5.69 Å². The Labute approximate surface area is 283 Å². The molecule has 6 aromatic carbocycles. The highest BCUT2D eigenvalue weighted by atomic mass is 16.5. The lowest BCUT2D eigenvalue weighted by molar-refractivity contribution is 0.000454. The summed E-state index contributed by atoms with van der Waals surface area (Å²) < 4.78 is 11.5. The average Bonchev–Trinajstić information content (AvgIpc) is 3.60. The van der Waals surface area contributed by atoms with Gasteiger partial charge in [0.05, 0.1) is 27.7 Å². The summed E-state index contributed by atoms with van der Waals surface area (Å²) in [6.07, 6.45) is 0. The summed E-state index contributed by atoms with van der Waals surface area (Å²) in [6, 6.07) is 50.8. The second-order valence-electron chi connectivity index (χ2n) is 14.6. The minimum absolute atomic E-state index is 0.0120. The number of hydrogen-bond donors (Lipinski definition) is 0. The lowest BCUT2D eigenvalue weighted by Gasteiger charge is -2.40. The van der Waals surface area contributed by atoms with Gasteiger partial charge in [-0.1, -0.05) is 106 Å². The maximum atomic E-state index is 6.73. The van der Waals surface area contributed by atoms with Crippen LogP contribution in [0.15, 0.2) is 140 Å². The van der Waals surface area contributed by atoms with E-state index in [1.54, 1.807) is 0 Å². The highest BCUT2D eigenvalue weighted by Crippen LogP contribution is 2.38. The van der Waals surface area contributed by atoms with E-state index in [9.17, 15) is 0 Å². The Morgan fingerprint density at radius 2 is 0.896 bits per heavy atom. The van der Waals surface area contributed by atoms with Gasteiger partial charge in [0.1, 0.15) is 0 Å². The van der Waals surface area contributed by atoms with Crippen LogP contribution in [0.5, 0.6) is 0 Å². The molecule has 2 heterocycles. The zero-order valence-corrected chi connectivity index (χ0v) is 28.7. The summed E-state index contributed by atoms with van der Waals surface area (Å²) >= 11 is 0. The summed E-state index contributed by atoms with van der Waals surface area (Å²) in [6.45, 7) is 13.3. The zero-order chi connectivity index (χ0) is 33.2. The predicted molar refractivity (Wildman–Crippen MR) is 206 cm³/mol. The van der Waals surface area contributed by atoms with Crippen molar-refractivity contribution in [1.82, 2.24) is 9.13 Å². The van der Waals surface area contributed by atoms with Gasteiger partial charge in [0.15, 0.2) is 0 Å². The SMILES string of the molecule is CB(OC(C)(C)C(C)(C)C)c1ccc2c(c1)c1cc(-c3ccc4c(c3)c3ccccc3n4-c3ccccc3)ccc1n2-c1ccccc1. The van der Waals surface area contributed by atoms with Crippen LogP contribution in [0.25, 0.3) is 66.1 Å². The van der Waals surface area contributed by atoms with Crippen molar-refractivity contribution in [1.29, 1.82) is 0 Å². The van der Waals surface area contributed by atoms with Gasteiger partial charge >= 0.3 is 6.92 Å². The van der Waals surface area contributed by atoms with Crippen molar-refractivity contribution < 1.29 is 4.65 Å². The Morgan fingerprint density at radius 3 is 1.44 bits per heavy atom. The Balaban J connectivity index is 1.31. The van der Waals surface area contributed by atoms with Crippen LogP contribution in [0.1, 0.15) is 34.6 Å². The van der Waals surface area contributed by atoms with Crippen LogP contribution < -0.4 is 5.46 Å². The van der Waals surface area contributed by atoms with E-state index in [0.29, 0.717) is 0 Å². The maximum absolute atomic E-state index is 6.73. The molecule has 0 unspecified atom stereocenters.